The van der Waals surface area contributed by atoms with Gasteiger partial charge >= 0.3 is 0 Å². The lowest BCUT2D eigenvalue weighted by atomic mass is 10.1. The summed E-state index contributed by atoms with van der Waals surface area (Å²) in [7, 11) is 0. The Bertz CT molecular complexity index is 439. The van der Waals surface area contributed by atoms with E-state index in [-0.39, 0.29) is 0 Å². The van der Waals surface area contributed by atoms with Crippen LogP contribution in [0.5, 0.6) is 5.75 Å². The minimum atomic E-state index is 0.293. The van der Waals surface area contributed by atoms with Crippen LogP contribution in [0.3, 0.4) is 0 Å². The van der Waals surface area contributed by atoms with Gasteiger partial charge in [-0.2, -0.15) is 5.21 Å². The second-order valence-electron chi connectivity index (χ2n) is 3.98. The van der Waals surface area contributed by atoms with Crippen molar-refractivity contribution in [2.75, 3.05) is 0 Å². The highest BCUT2D eigenvalue weighted by Gasteiger charge is 2.05. The summed E-state index contributed by atoms with van der Waals surface area (Å²) in [5, 5.41) is 26.1. The Labute approximate surface area is 99.1 Å². The summed E-state index contributed by atoms with van der Waals surface area (Å²) in [6.07, 6.45) is 0.887. The van der Waals surface area contributed by atoms with Crippen LogP contribution in [0.4, 0.5) is 0 Å². The lowest BCUT2D eigenvalue weighted by Gasteiger charge is -2.12. The number of tetrazole rings is 1. The minimum Gasteiger partial charge on any atom is -0.508 e. The molecule has 3 N–H and O–H groups in total. The molecule has 0 fully saturated rings. The van der Waals surface area contributed by atoms with Crippen molar-refractivity contribution < 1.29 is 5.11 Å². The number of phenols is 1. The zero-order valence-electron chi connectivity index (χ0n) is 9.59. The van der Waals surface area contributed by atoms with Gasteiger partial charge in [-0.15, -0.1) is 10.2 Å². The second kappa shape index (κ2) is 5.40. The summed E-state index contributed by atoms with van der Waals surface area (Å²) < 4.78 is 0. The summed E-state index contributed by atoms with van der Waals surface area (Å²) in [6, 6.07) is 7.53. The molecule has 0 saturated heterocycles. The second-order valence-corrected chi connectivity index (χ2v) is 3.98. The molecule has 2 rings (SSSR count). The Kier molecular flexibility index (Phi) is 3.66. The predicted molar refractivity (Wildman–Crippen MR) is 62.3 cm³/mol. The first-order chi connectivity index (χ1) is 8.24. The van der Waals surface area contributed by atoms with Crippen molar-refractivity contribution in [1.82, 2.24) is 25.9 Å². The average Bonchev–Trinajstić information content (AvgIpc) is 2.83. The molecule has 2 aromatic rings. The van der Waals surface area contributed by atoms with Crippen LogP contribution in [-0.4, -0.2) is 31.8 Å². The number of hydrogen-bond donors (Lipinski definition) is 3. The van der Waals surface area contributed by atoms with Gasteiger partial charge in [0.2, 0.25) is 0 Å². The van der Waals surface area contributed by atoms with Crippen LogP contribution in [-0.2, 0) is 13.0 Å². The fraction of sp³-hybridized carbons (Fsp3) is 0.364. The predicted octanol–water partition coefficient (Wildman–Crippen LogP) is 0.626. The van der Waals surface area contributed by atoms with E-state index in [2.05, 4.69) is 32.9 Å². The van der Waals surface area contributed by atoms with Crippen LogP contribution < -0.4 is 5.32 Å². The molecule has 0 spiro atoms. The third kappa shape index (κ3) is 3.53. The number of aromatic hydroxyl groups is 1. The molecule has 0 aliphatic heterocycles. The van der Waals surface area contributed by atoms with Crippen LogP contribution in [0.25, 0.3) is 0 Å². The van der Waals surface area contributed by atoms with Crippen LogP contribution in [0.2, 0.25) is 0 Å². The van der Waals surface area contributed by atoms with E-state index in [4.69, 9.17) is 0 Å². The van der Waals surface area contributed by atoms with Gasteiger partial charge in [0.05, 0.1) is 6.54 Å². The van der Waals surface area contributed by atoms with E-state index in [9.17, 15) is 5.11 Å². The maximum absolute atomic E-state index is 9.18. The first-order valence-electron chi connectivity index (χ1n) is 5.47. The van der Waals surface area contributed by atoms with Crippen molar-refractivity contribution in [3.05, 3.63) is 35.7 Å². The van der Waals surface area contributed by atoms with E-state index < -0.39 is 0 Å². The Morgan fingerprint density at radius 3 is 2.76 bits per heavy atom. The number of phenolic OH excluding ortho intramolecular Hbond substituents is 1. The largest absolute Gasteiger partial charge is 0.508 e. The van der Waals surface area contributed by atoms with Gasteiger partial charge in [0, 0.05) is 6.04 Å². The Balaban J connectivity index is 1.80. The molecule has 1 unspecified atom stereocenters. The molecule has 6 nitrogen and oxygen atoms in total. The zero-order valence-corrected chi connectivity index (χ0v) is 9.59. The Morgan fingerprint density at radius 1 is 1.35 bits per heavy atom. The van der Waals surface area contributed by atoms with E-state index in [1.54, 1.807) is 12.1 Å². The van der Waals surface area contributed by atoms with E-state index in [0.29, 0.717) is 24.2 Å². The molecule has 1 aromatic carbocycles. The molecular formula is C11H15N5O. The van der Waals surface area contributed by atoms with Gasteiger partial charge in [0.25, 0.3) is 0 Å². The maximum Gasteiger partial charge on any atom is 0.188 e. The molecule has 0 amide bonds. The fourth-order valence-electron chi connectivity index (χ4n) is 1.58. The van der Waals surface area contributed by atoms with E-state index in [1.807, 2.05) is 12.1 Å². The summed E-state index contributed by atoms with van der Waals surface area (Å²) in [5.74, 6) is 0.948. The van der Waals surface area contributed by atoms with Crippen molar-refractivity contribution in [2.45, 2.75) is 25.9 Å². The molecular weight excluding hydrogens is 218 g/mol. The van der Waals surface area contributed by atoms with Gasteiger partial charge in [-0.25, -0.2) is 0 Å². The van der Waals surface area contributed by atoms with Crippen LogP contribution in [0, 0.1) is 0 Å². The summed E-state index contributed by atoms with van der Waals surface area (Å²) in [6.45, 7) is 2.68. The normalized spacial score (nSPS) is 12.5. The average molecular weight is 233 g/mol. The summed E-state index contributed by atoms with van der Waals surface area (Å²) in [5.41, 5.74) is 1.18. The van der Waals surface area contributed by atoms with E-state index in [0.717, 1.165) is 6.42 Å². The molecule has 1 heterocycles. The molecule has 0 saturated carbocycles. The molecule has 17 heavy (non-hydrogen) atoms. The lowest BCUT2D eigenvalue weighted by Crippen LogP contribution is -2.28. The molecule has 6 heteroatoms. The third-order valence-corrected chi connectivity index (χ3v) is 2.48. The van der Waals surface area contributed by atoms with Crippen LogP contribution in [0.15, 0.2) is 24.3 Å². The molecule has 0 radical (unpaired) electrons. The maximum atomic E-state index is 9.18. The van der Waals surface area contributed by atoms with Crippen molar-refractivity contribution in [3.63, 3.8) is 0 Å². The van der Waals surface area contributed by atoms with E-state index in [1.165, 1.54) is 5.56 Å². The number of aromatic amines is 1. The number of nitrogens with one attached hydrogen (secondary N) is 2. The van der Waals surface area contributed by atoms with Crippen molar-refractivity contribution in [3.8, 4) is 5.75 Å². The van der Waals surface area contributed by atoms with E-state index >= 15 is 0 Å². The third-order valence-electron chi connectivity index (χ3n) is 2.48. The first kappa shape index (κ1) is 11.5. The molecule has 0 bridgehead atoms. The molecule has 1 atom stereocenters. The van der Waals surface area contributed by atoms with Crippen molar-refractivity contribution in [1.29, 1.82) is 0 Å². The monoisotopic (exact) mass is 233 g/mol. The summed E-state index contributed by atoms with van der Waals surface area (Å²) in [4.78, 5) is 0. The van der Waals surface area contributed by atoms with Crippen LogP contribution in [0.1, 0.15) is 18.3 Å². The topological polar surface area (TPSA) is 86.7 Å². The van der Waals surface area contributed by atoms with Gasteiger partial charge in [0.15, 0.2) is 5.82 Å². The minimum absolute atomic E-state index is 0.293. The summed E-state index contributed by atoms with van der Waals surface area (Å²) >= 11 is 0. The standard InChI is InChI=1S/C11H15N5O/c1-8(12-7-11-13-15-16-14-11)6-9-2-4-10(17)5-3-9/h2-5,8,12,17H,6-7H2,1H3,(H,13,14,15,16). The highest BCUT2D eigenvalue weighted by Crippen LogP contribution is 2.11. The number of rotatable bonds is 5. The van der Waals surface area contributed by atoms with Crippen molar-refractivity contribution in [2.24, 2.45) is 0 Å². The molecule has 90 valence electrons. The first-order valence-corrected chi connectivity index (χ1v) is 5.47. The highest BCUT2D eigenvalue weighted by atomic mass is 16.3. The SMILES string of the molecule is CC(Cc1ccc(O)cc1)NCc1nn[nH]n1. The van der Waals surface area contributed by atoms with Gasteiger partial charge < -0.3 is 10.4 Å². The highest BCUT2D eigenvalue weighted by molar-refractivity contribution is 5.26. The number of benzene rings is 1. The Morgan fingerprint density at radius 2 is 2.12 bits per heavy atom. The zero-order chi connectivity index (χ0) is 12.1. The van der Waals surface area contributed by atoms with Crippen molar-refractivity contribution >= 4 is 0 Å². The number of H-pyrrole nitrogens is 1. The van der Waals surface area contributed by atoms with Gasteiger partial charge in [-0.05, 0) is 31.0 Å². The number of hydrogen-bond acceptors (Lipinski definition) is 5. The van der Waals surface area contributed by atoms with Gasteiger partial charge in [-0.3, -0.25) is 0 Å². The smallest absolute Gasteiger partial charge is 0.188 e. The van der Waals surface area contributed by atoms with Gasteiger partial charge in [0.1, 0.15) is 5.75 Å². The number of nitrogens with zero attached hydrogens (tertiary/aromatic N) is 3. The molecule has 1 aromatic heterocycles. The number of aromatic nitrogens is 4. The lowest BCUT2D eigenvalue weighted by molar-refractivity contribution is 0.474. The molecule has 0 aliphatic rings. The fourth-order valence-corrected chi connectivity index (χ4v) is 1.58. The molecule has 0 aliphatic carbocycles. The van der Waals surface area contributed by atoms with Gasteiger partial charge in [-0.1, -0.05) is 17.3 Å². The Hall–Kier alpha value is -1.95. The quantitative estimate of drug-likeness (QED) is 0.705. The van der Waals surface area contributed by atoms with Crippen LogP contribution >= 0.6 is 0 Å².